The van der Waals surface area contributed by atoms with E-state index in [0.29, 0.717) is 10.9 Å². The summed E-state index contributed by atoms with van der Waals surface area (Å²) in [7, 11) is 0. The Morgan fingerprint density at radius 3 is 2.52 bits per heavy atom. The Labute approximate surface area is 126 Å². The molecule has 114 valence electrons. The summed E-state index contributed by atoms with van der Waals surface area (Å²) in [6.07, 6.45) is 5.70. The lowest BCUT2D eigenvalue weighted by Gasteiger charge is -2.10. The Balaban J connectivity index is 2.12. The van der Waals surface area contributed by atoms with Crippen molar-refractivity contribution in [3.05, 3.63) is 47.0 Å². The van der Waals surface area contributed by atoms with Gasteiger partial charge in [-0.25, -0.2) is 8.78 Å². The lowest BCUT2D eigenvalue weighted by Crippen LogP contribution is -1.96. The molecule has 0 nitrogen and oxygen atoms in total. The number of rotatable bonds is 6. The van der Waals surface area contributed by atoms with Crippen LogP contribution in [0.5, 0.6) is 0 Å². The van der Waals surface area contributed by atoms with Gasteiger partial charge in [-0.05, 0) is 54.3 Å². The number of aryl methyl sites for hydroxylation is 2. The number of hydrogen-bond donors (Lipinski definition) is 0. The van der Waals surface area contributed by atoms with Gasteiger partial charge in [0, 0.05) is 5.39 Å². The maximum absolute atomic E-state index is 14.0. The van der Waals surface area contributed by atoms with Crippen LogP contribution in [0.1, 0.15) is 50.7 Å². The van der Waals surface area contributed by atoms with Crippen LogP contribution in [-0.4, -0.2) is 0 Å². The molecule has 1 unspecified atom stereocenters. The SMILES string of the molecule is CCCC(C)CCCc1ccc2cc(C)c(F)c(F)c2c1. The van der Waals surface area contributed by atoms with E-state index in [2.05, 4.69) is 13.8 Å². The molecule has 2 aromatic carbocycles. The highest BCUT2D eigenvalue weighted by atomic mass is 19.2. The van der Waals surface area contributed by atoms with E-state index in [1.807, 2.05) is 12.1 Å². The van der Waals surface area contributed by atoms with Crippen LogP contribution >= 0.6 is 0 Å². The van der Waals surface area contributed by atoms with Crippen molar-refractivity contribution in [2.24, 2.45) is 5.92 Å². The molecule has 0 aliphatic carbocycles. The topological polar surface area (TPSA) is 0 Å². The summed E-state index contributed by atoms with van der Waals surface area (Å²) in [5.41, 5.74) is 1.45. The van der Waals surface area contributed by atoms with Crippen LogP contribution < -0.4 is 0 Å². The van der Waals surface area contributed by atoms with Crippen LogP contribution in [0.25, 0.3) is 10.8 Å². The monoisotopic (exact) mass is 290 g/mol. The summed E-state index contributed by atoms with van der Waals surface area (Å²) in [5.74, 6) is -0.699. The zero-order valence-corrected chi connectivity index (χ0v) is 13.2. The van der Waals surface area contributed by atoms with E-state index >= 15 is 0 Å². The second-order valence-electron chi connectivity index (χ2n) is 6.16. The Morgan fingerprint density at radius 2 is 1.81 bits per heavy atom. The van der Waals surface area contributed by atoms with Crippen LogP contribution in [-0.2, 0) is 6.42 Å². The molecule has 0 aliphatic rings. The standard InChI is InChI=1S/C19H24F2/c1-4-6-13(2)7-5-8-15-9-10-16-11-14(3)18(20)19(21)17(16)12-15/h9-13H,4-8H2,1-3H3. The highest BCUT2D eigenvalue weighted by Gasteiger charge is 2.11. The maximum atomic E-state index is 14.0. The largest absolute Gasteiger partial charge is 0.203 e. The smallest absolute Gasteiger partial charge is 0.166 e. The van der Waals surface area contributed by atoms with E-state index in [-0.39, 0.29) is 0 Å². The predicted molar refractivity (Wildman–Crippen MR) is 85.6 cm³/mol. The molecular formula is C19H24F2. The van der Waals surface area contributed by atoms with Crippen molar-refractivity contribution in [1.29, 1.82) is 0 Å². The first kappa shape index (κ1) is 15.9. The zero-order valence-electron chi connectivity index (χ0n) is 13.2. The maximum Gasteiger partial charge on any atom is 0.166 e. The molecule has 0 radical (unpaired) electrons. The average Bonchev–Trinajstić information content (AvgIpc) is 2.46. The summed E-state index contributed by atoms with van der Waals surface area (Å²) in [6, 6.07) is 7.44. The van der Waals surface area contributed by atoms with Gasteiger partial charge in [0.25, 0.3) is 0 Å². The van der Waals surface area contributed by atoms with E-state index < -0.39 is 11.6 Å². The molecule has 0 saturated heterocycles. The first-order valence-corrected chi connectivity index (χ1v) is 7.90. The van der Waals surface area contributed by atoms with Crippen molar-refractivity contribution in [1.82, 2.24) is 0 Å². The molecule has 0 fully saturated rings. The number of hydrogen-bond acceptors (Lipinski definition) is 0. The molecule has 0 saturated carbocycles. The first-order valence-electron chi connectivity index (χ1n) is 7.90. The molecule has 0 N–H and O–H groups in total. The zero-order chi connectivity index (χ0) is 15.4. The van der Waals surface area contributed by atoms with Crippen molar-refractivity contribution in [2.75, 3.05) is 0 Å². The molecule has 2 aromatic rings. The number of fused-ring (bicyclic) bond motifs is 1. The minimum absolute atomic E-state index is 0.362. The van der Waals surface area contributed by atoms with Gasteiger partial charge in [0.1, 0.15) is 0 Å². The van der Waals surface area contributed by atoms with Gasteiger partial charge in [0.2, 0.25) is 0 Å². The third kappa shape index (κ3) is 3.81. The van der Waals surface area contributed by atoms with Gasteiger partial charge >= 0.3 is 0 Å². The average molecular weight is 290 g/mol. The summed E-state index contributed by atoms with van der Waals surface area (Å²) in [5, 5.41) is 1.17. The normalized spacial score (nSPS) is 12.8. The second-order valence-corrected chi connectivity index (χ2v) is 6.16. The van der Waals surface area contributed by atoms with E-state index in [0.717, 1.165) is 29.7 Å². The molecule has 0 heterocycles. The summed E-state index contributed by atoms with van der Waals surface area (Å²) in [6.45, 7) is 6.09. The fourth-order valence-corrected chi connectivity index (χ4v) is 2.95. The van der Waals surface area contributed by atoms with Crippen molar-refractivity contribution in [3.8, 4) is 0 Å². The van der Waals surface area contributed by atoms with E-state index in [1.54, 1.807) is 19.1 Å². The molecule has 2 heteroatoms. The fraction of sp³-hybridized carbons (Fsp3) is 0.474. The van der Waals surface area contributed by atoms with Crippen LogP contribution in [0, 0.1) is 24.5 Å². The molecule has 1 atom stereocenters. The van der Waals surface area contributed by atoms with Crippen LogP contribution in [0.15, 0.2) is 24.3 Å². The highest BCUT2D eigenvalue weighted by molar-refractivity contribution is 5.84. The van der Waals surface area contributed by atoms with Crippen molar-refractivity contribution < 1.29 is 8.78 Å². The Bertz CT molecular complexity index is 616. The molecule has 0 aliphatic heterocycles. The minimum atomic E-state index is -0.726. The lowest BCUT2D eigenvalue weighted by molar-refractivity contribution is 0.469. The molecular weight excluding hydrogens is 266 g/mol. The van der Waals surface area contributed by atoms with Gasteiger partial charge in [-0.3, -0.25) is 0 Å². The molecule has 0 aromatic heterocycles. The summed E-state index contributed by atoms with van der Waals surface area (Å²) >= 11 is 0. The fourth-order valence-electron chi connectivity index (χ4n) is 2.95. The van der Waals surface area contributed by atoms with Crippen molar-refractivity contribution in [2.45, 2.75) is 52.9 Å². The van der Waals surface area contributed by atoms with Gasteiger partial charge < -0.3 is 0 Å². The van der Waals surface area contributed by atoms with E-state index in [9.17, 15) is 8.78 Å². The van der Waals surface area contributed by atoms with Gasteiger partial charge in [0.15, 0.2) is 11.6 Å². The molecule has 0 spiro atoms. The summed E-state index contributed by atoms with van der Waals surface area (Å²) in [4.78, 5) is 0. The highest BCUT2D eigenvalue weighted by Crippen LogP contribution is 2.25. The quantitative estimate of drug-likeness (QED) is 0.595. The number of halogens is 2. The molecule has 21 heavy (non-hydrogen) atoms. The van der Waals surface area contributed by atoms with Gasteiger partial charge in [-0.1, -0.05) is 45.2 Å². The van der Waals surface area contributed by atoms with Gasteiger partial charge in [0.05, 0.1) is 0 Å². The predicted octanol–water partition coefficient (Wildman–Crippen LogP) is 6.19. The second kappa shape index (κ2) is 7.02. The van der Waals surface area contributed by atoms with E-state index in [4.69, 9.17) is 0 Å². The Hall–Kier alpha value is -1.44. The van der Waals surface area contributed by atoms with E-state index in [1.165, 1.54) is 19.3 Å². The lowest BCUT2D eigenvalue weighted by atomic mass is 9.96. The Morgan fingerprint density at radius 1 is 1.05 bits per heavy atom. The van der Waals surface area contributed by atoms with Crippen LogP contribution in [0.4, 0.5) is 8.78 Å². The van der Waals surface area contributed by atoms with Gasteiger partial charge in [-0.2, -0.15) is 0 Å². The minimum Gasteiger partial charge on any atom is -0.203 e. The molecule has 0 bridgehead atoms. The number of benzene rings is 2. The summed E-state index contributed by atoms with van der Waals surface area (Å²) < 4.78 is 27.7. The van der Waals surface area contributed by atoms with Crippen molar-refractivity contribution >= 4 is 10.8 Å². The van der Waals surface area contributed by atoms with Crippen LogP contribution in [0.2, 0.25) is 0 Å². The third-order valence-corrected chi connectivity index (χ3v) is 4.21. The van der Waals surface area contributed by atoms with Crippen molar-refractivity contribution in [3.63, 3.8) is 0 Å². The first-order chi connectivity index (χ1) is 10.0. The third-order valence-electron chi connectivity index (χ3n) is 4.21. The molecule has 0 amide bonds. The molecule has 2 rings (SSSR count). The van der Waals surface area contributed by atoms with Gasteiger partial charge in [-0.15, -0.1) is 0 Å². The van der Waals surface area contributed by atoms with Crippen LogP contribution in [0.3, 0.4) is 0 Å². The Kier molecular flexibility index (Phi) is 5.33.